The van der Waals surface area contributed by atoms with Crippen LogP contribution in [0.15, 0.2) is 0 Å². The summed E-state index contributed by atoms with van der Waals surface area (Å²) in [6.45, 7) is 12.6. The molecular formula is C10H20N2O2S. The normalized spacial score (nSPS) is 12.0. The fourth-order valence-corrected chi connectivity index (χ4v) is 1.68. The fourth-order valence-electron chi connectivity index (χ4n) is 1.09. The third kappa shape index (κ3) is 9.70. The molecule has 0 aromatic heterocycles. The van der Waals surface area contributed by atoms with E-state index >= 15 is 0 Å². The van der Waals surface area contributed by atoms with E-state index in [0.29, 0.717) is 19.1 Å². The largest absolute Gasteiger partial charge is 0.299 e. The number of nitrogens with zero attached hydrogens (tertiary/aromatic N) is 2. The molecule has 0 rings (SSSR count). The van der Waals surface area contributed by atoms with E-state index in [2.05, 4.69) is 18.7 Å². The Labute approximate surface area is 93.0 Å². The van der Waals surface area contributed by atoms with E-state index in [9.17, 15) is 8.42 Å². The molecule has 0 N–H and O–H groups in total. The van der Waals surface area contributed by atoms with Gasteiger partial charge < -0.3 is 0 Å². The van der Waals surface area contributed by atoms with Crippen molar-refractivity contribution in [2.75, 3.05) is 31.8 Å². The van der Waals surface area contributed by atoms with Gasteiger partial charge in [-0.1, -0.05) is 13.8 Å². The van der Waals surface area contributed by atoms with Gasteiger partial charge in [0, 0.05) is 19.3 Å². The first-order valence-electron chi connectivity index (χ1n) is 5.08. The fraction of sp³-hybridized carbons (Fsp3) is 0.900. The standard InChI is InChI=1S/C10H20N2O2S/c1-10(2)5-6-12(9-11-3)7-8-15(4,13)14/h10H,5-9H2,1-2,4H3. The van der Waals surface area contributed by atoms with Crippen molar-refractivity contribution in [2.45, 2.75) is 20.3 Å². The molecule has 0 spiro atoms. The lowest BCUT2D eigenvalue weighted by molar-refractivity contribution is 0.296. The van der Waals surface area contributed by atoms with Crippen molar-refractivity contribution in [3.05, 3.63) is 11.4 Å². The van der Waals surface area contributed by atoms with Crippen molar-refractivity contribution in [1.29, 1.82) is 0 Å². The van der Waals surface area contributed by atoms with Crippen LogP contribution in [0.3, 0.4) is 0 Å². The average Bonchev–Trinajstić information content (AvgIpc) is 2.08. The monoisotopic (exact) mass is 232 g/mol. The predicted octanol–water partition coefficient (Wildman–Crippen LogP) is 1.26. The highest BCUT2D eigenvalue weighted by molar-refractivity contribution is 7.90. The van der Waals surface area contributed by atoms with Crippen molar-refractivity contribution in [1.82, 2.24) is 4.90 Å². The Balaban J connectivity index is 4.00. The summed E-state index contributed by atoms with van der Waals surface area (Å²) in [4.78, 5) is 5.19. The Bertz CT molecular complexity index is 304. The molecule has 0 unspecified atom stereocenters. The summed E-state index contributed by atoms with van der Waals surface area (Å²) in [5.74, 6) is 0.720. The third-order valence-corrected chi connectivity index (χ3v) is 3.00. The van der Waals surface area contributed by atoms with Crippen LogP contribution < -0.4 is 0 Å². The van der Waals surface area contributed by atoms with Crippen LogP contribution in [-0.2, 0) is 9.84 Å². The molecule has 5 heteroatoms. The van der Waals surface area contributed by atoms with Gasteiger partial charge in [0.05, 0.1) is 5.75 Å². The quantitative estimate of drug-likeness (QED) is 0.620. The zero-order valence-corrected chi connectivity index (χ0v) is 10.5. The molecule has 0 atom stereocenters. The van der Waals surface area contributed by atoms with E-state index in [1.54, 1.807) is 0 Å². The second kappa shape index (κ2) is 6.81. The van der Waals surface area contributed by atoms with Crippen LogP contribution >= 0.6 is 0 Å². The minimum Gasteiger partial charge on any atom is -0.299 e. The third-order valence-electron chi connectivity index (χ3n) is 2.07. The van der Waals surface area contributed by atoms with E-state index in [-0.39, 0.29) is 5.75 Å². The number of hydrogen-bond donors (Lipinski definition) is 0. The first-order valence-corrected chi connectivity index (χ1v) is 7.14. The van der Waals surface area contributed by atoms with Crippen LogP contribution in [0.4, 0.5) is 0 Å². The zero-order valence-electron chi connectivity index (χ0n) is 9.73. The van der Waals surface area contributed by atoms with E-state index in [4.69, 9.17) is 6.57 Å². The molecule has 0 aliphatic heterocycles. The summed E-state index contributed by atoms with van der Waals surface area (Å²) in [7, 11) is -2.92. The number of sulfone groups is 1. The van der Waals surface area contributed by atoms with Gasteiger partial charge in [-0.2, -0.15) is 0 Å². The Hall–Kier alpha value is -0.600. The molecule has 0 amide bonds. The molecule has 0 aliphatic rings. The molecular weight excluding hydrogens is 212 g/mol. The van der Waals surface area contributed by atoms with Crippen molar-refractivity contribution in [3.63, 3.8) is 0 Å². The molecule has 88 valence electrons. The summed E-state index contributed by atoms with van der Waals surface area (Å²) < 4.78 is 21.9. The number of hydrogen-bond acceptors (Lipinski definition) is 3. The Morgan fingerprint density at radius 1 is 1.33 bits per heavy atom. The van der Waals surface area contributed by atoms with Gasteiger partial charge in [0.2, 0.25) is 0 Å². The second-order valence-electron chi connectivity index (χ2n) is 4.23. The molecule has 15 heavy (non-hydrogen) atoms. The summed E-state index contributed by atoms with van der Waals surface area (Å²) in [5.41, 5.74) is 0. The van der Waals surface area contributed by atoms with Crippen LogP contribution in [0.1, 0.15) is 20.3 Å². The van der Waals surface area contributed by atoms with Crippen LogP contribution in [0.5, 0.6) is 0 Å². The van der Waals surface area contributed by atoms with Gasteiger partial charge in [0.25, 0.3) is 6.67 Å². The maximum atomic E-state index is 11.0. The van der Waals surface area contributed by atoms with Crippen molar-refractivity contribution in [3.8, 4) is 0 Å². The lowest BCUT2D eigenvalue weighted by Crippen LogP contribution is -2.30. The summed E-state index contributed by atoms with van der Waals surface area (Å²) >= 11 is 0. The zero-order chi connectivity index (χ0) is 11.9. The molecule has 0 aromatic carbocycles. The van der Waals surface area contributed by atoms with Crippen LogP contribution in [-0.4, -0.2) is 45.1 Å². The van der Waals surface area contributed by atoms with Gasteiger partial charge in [0.1, 0.15) is 9.84 Å². The smallest absolute Gasteiger partial charge is 0.270 e. The Kier molecular flexibility index (Phi) is 6.53. The van der Waals surface area contributed by atoms with E-state index in [0.717, 1.165) is 13.0 Å². The lowest BCUT2D eigenvalue weighted by Gasteiger charge is -2.16. The summed E-state index contributed by atoms with van der Waals surface area (Å²) in [6, 6.07) is 0. The highest BCUT2D eigenvalue weighted by Crippen LogP contribution is 2.02. The Morgan fingerprint density at radius 3 is 2.33 bits per heavy atom. The topological polar surface area (TPSA) is 41.7 Å². The van der Waals surface area contributed by atoms with E-state index in [1.165, 1.54) is 6.26 Å². The highest BCUT2D eigenvalue weighted by atomic mass is 32.2. The summed E-state index contributed by atoms with van der Waals surface area (Å²) in [5, 5.41) is 0. The van der Waals surface area contributed by atoms with Crippen molar-refractivity contribution < 1.29 is 8.42 Å². The molecule has 0 saturated heterocycles. The van der Waals surface area contributed by atoms with Gasteiger partial charge >= 0.3 is 0 Å². The van der Waals surface area contributed by atoms with Crippen LogP contribution in [0, 0.1) is 12.5 Å². The first-order chi connectivity index (χ1) is 6.85. The van der Waals surface area contributed by atoms with Gasteiger partial charge in [0.15, 0.2) is 0 Å². The molecule has 0 saturated carbocycles. The molecule has 0 bridgehead atoms. The molecule has 0 fully saturated rings. The van der Waals surface area contributed by atoms with E-state index < -0.39 is 9.84 Å². The molecule has 0 radical (unpaired) electrons. The van der Waals surface area contributed by atoms with Gasteiger partial charge in [-0.3, -0.25) is 4.85 Å². The van der Waals surface area contributed by atoms with Gasteiger partial charge in [-0.15, -0.1) is 0 Å². The lowest BCUT2D eigenvalue weighted by atomic mass is 10.1. The van der Waals surface area contributed by atoms with E-state index in [1.807, 2.05) is 4.90 Å². The van der Waals surface area contributed by atoms with Gasteiger partial charge in [-0.25, -0.2) is 19.9 Å². The first kappa shape index (κ1) is 14.4. The highest BCUT2D eigenvalue weighted by Gasteiger charge is 2.11. The minimum absolute atomic E-state index is 0.139. The van der Waals surface area contributed by atoms with Crippen molar-refractivity contribution >= 4 is 9.84 Å². The second-order valence-corrected chi connectivity index (χ2v) is 6.49. The minimum atomic E-state index is -2.92. The maximum absolute atomic E-state index is 11.0. The van der Waals surface area contributed by atoms with Crippen LogP contribution in [0.25, 0.3) is 4.85 Å². The molecule has 0 aliphatic carbocycles. The molecule has 0 aromatic rings. The SMILES string of the molecule is [C-]#[N+]CN(CCC(C)C)CCS(C)(=O)=O. The maximum Gasteiger partial charge on any atom is 0.270 e. The Morgan fingerprint density at radius 2 is 1.93 bits per heavy atom. The van der Waals surface area contributed by atoms with Crippen molar-refractivity contribution in [2.24, 2.45) is 5.92 Å². The molecule has 0 heterocycles. The number of rotatable bonds is 7. The summed E-state index contributed by atoms with van der Waals surface area (Å²) in [6.07, 6.45) is 2.23. The predicted molar refractivity (Wildman–Crippen MR) is 62.2 cm³/mol. The van der Waals surface area contributed by atoms with Crippen LogP contribution in [0.2, 0.25) is 0 Å². The van der Waals surface area contributed by atoms with Gasteiger partial charge in [-0.05, 0) is 12.3 Å². The molecule has 4 nitrogen and oxygen atoms in total. The average molecular weight is 232 g/mol.